The molecule has 1 rings (SSSR count). The van der Waals surface area contributed by atoms with E-state index in [1.165, 1.54) is 5.56 Å². The maximum absolute atomic E-state index is 6.27. The molecule has 3 heteroatoms. The van der Waals surface area contributed by atoms with Crippen LogP contribution in [-0.4, -0.2) is 8.32 Å². The minimum Gasteiger partial charge on any atom is -0.543 e. The number of benzene rings is 1. The molecule has 0 aliphatic rings. The van der Waals surface area contributed by atoms with Crippen LogP contribution >= 0.6 is 0 Å². The third-order valence-corrected chi connectivity index (χ3v) is 7.88. The summed E-state index contributed by atoms with van der Waals surface area (Å²) in [6.07, 6.45) is 0. The lowest BCUT2D eigenvalue weighted by Crippen LogP contribution is -2.43. The van der Waals surface area contributed by atoms with Gasteiger partial charge in [0.2, 0.25) is 8.32 Å². The summed E-state index contributed by atoms with van der Waals surface area (Å²) in [6, 6.07) is 6.27. The molecule has 0 fully saturated rings. The predicted molar refractivity (Wildman–Crippen MR) is 76.9 cm³/mol. The molecule has 0 atom stereocenters. The van der Waals surface area contributed by atoms with Gasteiger partial charge in [0.05, 0.1) is 0 Å². The van der Waals surface area contributed by atoms with Gasteiger partial charge in [-0.25, -0.2) is 0 Å². The van der Waals surface area contributed by atoms with E-state index in [0.29, 0.717) is 6.54 Å². The Hall–Kier alpha value is -0.803. The topological polar surface area (TPSA) is 35.2 Å². The van der Waals surface area contributed by atoms with Gasteiger partial charge < -0.3 is 10.2 Å². The highest BCUT2D eigenvalue weighted by Crippen LogP contribution is 2.37. The molecule has 1 aromatic carbocycles. The first-order valence-corrected chi connectivity index (χ1v) is 9.06. The molecule has 0 spiro atoms. The Morgan fingerprint density at radius 3 is 2.24 bits per heavy atom. The molecule has 0 aromatic heterocycles. The van der Waals surface area contributed by atoms with Crippen molar-refractivity contribution in [2.75, 3.05) is 0 Å². The van der Waals surface area contributed by atoms with Crippen molar-refractivity contribution in [3.63, 3.8) is 0 Å². The standard InChI is InChI=1S/C14H25NOSi/c1-11-7-12(10-15)9-13(8-11)16-17(5,6)14(2,3)4/h7-9H,10,15H2,1-6H3. The van der Waals surface area contributed by atoms with Gasteiger partial charge in [0.1, 0.15) is 5.75 Å². The van der Waals surface area contributed by atoms with Crippen molar-refractivity contribution in [3.8, 4) is 5.75 Å². The molecular formula is C14H25NOSi. The van der Waals surface area contributed by atoms with Crippen molar-refractivity contribution in [1.29, 1.82) is 0 Å². The summed E-state index contributed by atoms with van der Waals surface area (Å²) in [6.45, 7) is 13.9. The summed E-state index contributed by atoms with van der Waals surface area (Å²) in [5.41, 5.74) is 8.04. The summed E-state index contributed by atoms with van der Waals surface area (Å²) in [5, 5.41) is 0.222. The molecule has 0 heterocycles. The van der Waals surface area contributed by atoms with Crippen molar-refractivity contribution in [2.24, 2.45) is 5.73 Å². The average molecular weight is 251 g/mol. The fourth-order valence-electron chi connectivity index (χ4n) is 1.45. The molecule has 0 unspecified atom stereocenters. The lowest BCUT2D eigenvalue weighted by molar-refractivity contribution is 0.491. The van der Waals surface area contributed by atoms with Crippen LogP contribution in [-0.2, 0) is 6.54 Å². The molecule has 1 aromatic rings. The smallest absolute Gasteiger partial charge is 0.250 e. The van der Waals surface area contributed by atoms with Crippen molar-refractivity contribution >= 4 is 8.32 Å². The second-order valence-electron chi connectivity index (χ2n) is 6.22. The van der Waals surface area contributed by atoms with Crippen molar-refractivity contribution in [3.05, 3.63) is 29.3 Å². The molecule has 0 radical (unpaired) electrons. The van der Waals surface area contributed by atoms with Crippen LogP contribution < -0.4 is 10.2 Å². The summed E-state index contributed by atoms with van der Waals surface area (Å²) >= 11 is 0. The maximum Gasteiger partial charge on any atom is 0.250 e. The minimum atomic E-state index is -1.75. The van der Waals surface area contributed by atoms with Crippen LogP contribution in [0, 0.1) is 6.92 Å². The second kappa shape index (κ2) is 4.82. The van der Waals surface area contributed by atoms with E-state index in [-0.39, 0.29) is 5.04 Å². The Morgan fingerprint density at radius 1 is 1.18 bits per heavy atom. The Morgan fingerprint density at radius 2 is 1.76 bits per heavy atom. The summed E-state index contributed by atoms with van der Waals surface area (Å²) in [5.74, 6) is 0.969. The average Bonchev–Trinajstić information content (AvgIpc) is 2.14. The largest absolute Gasteiger partial charge is 0.543 e. The van der Waals surface area contributed by atoms with Gasteiger partial charge in [-0.2, -0.15) is 0 Å². The Labute approximate surface area is 106 Å². The number of hydrogen-bond acceptors (Lipinski definition) is 2. The van der Waals surface area contributed by atoms with E-state index in [1.807, 2.05) is 0 Å². The number of aryl methyl sites for hydroxylation is 1. The SMILES string of the molecule is Cc1cc(CN)cc(O[Si](C)(C)C(C)(C)C)c1. The molecule has 0 aliphatic heterocycles. The van der Waals surface area contributed by atoms with Gasteiger partial charge in [-0.3, -0.25) is 0 Å². The lowest BCUT2D eigenvalue weighted by Gasteiger charge is -2.36. The van der Waals surface area contributed by atoms with Gasteiger partial charge in [-0.05, 0) is 48.3 Å². The third kappa shape index (κ3) is 3.58. The fourth-order valence-corrected chi connectivity index (χ4v) is 2.46. The van der Waals surface area contributed by atoms with Crippen LogP contribution in [0.5, 0.6) is 5.75 Å². The molecule has 0 saturated carbocycles. The van der Waals surface area contributed by atoms with Crippen molar-refractivity contribution in [2.45, 2.75) is 52.4 Å². The van der Waals surface area contributed by atoms with Crippen LogP contribution in [0.25, 0.3) is 0 Å². The summed E-state index contributed by atoms with van der Waals surface area (Å²) in [4.78, 5) is 0. The Balaban J connectivity index is 2.99. The lowest BCUT2D eigenvalue weighted by atomic mass is 10.1. The quantitative estimate of drug-likeness (QED) is 0.828. The van der Waals surface area contributed by atoms with E-state index < -0.39 is 8.32 Å². The van der Waals surface area contributed by atoms with Gasteiger partial charge in [-0.1, -0.05) is 26.8 Å². The van der Waals surface area contributed by atoms with E-state index in [2.05, 4.69) is 59.0 Å². The highest BCUT2D eigenvalue weighted by molar-refractivity contribution is 6.74. The highest BCUT2D eigenvalue weighted by Gasteiger charge is 2.38. The Bertz CT molecular complexity index is 394. The molecule has 2 nitrogen and oxygen atoms in total. The van der Waals surface area contributed by atoms with Gasteiger partial charge in [-0.15, -0.1) is 0 Å². The fraction of sp³-hybridized carbons (Fsp3) is 0.571. The van der Waals surface area contributed by atoms with Gasteiger partial charge >= 0.3 is 0 Å². The second-order valence-corrected chi connectivity index (χ2v) is 10.9. The predicted octanol–water partition coefficient (Wildman–Crippen LogP) is 3.84. The van der Waals surface area contributed by atoms with Crippen LogP contribution in [0.1, 0.15) is 31.9 Å². The van der Waals surface area contributed by atoms with Crippen LogP contribution in [0.4, 0.5) is 0 Å². The normalized spacial score (nSPS) is 12.6. The van der Waals surface area contributed by atoms with Gasteiger partial charge in [0.25, 0.3) is 0 Å². The van der Waals surface area contributed by atoms with Crippen molar-refractivity contribution < 1.29 is 4.43 Å². The summed E-state index contributed by atoms with van der Waals surface area (Å²) in [7, 11) is -1.75. The summed E-state index contributed by atoms with van der Waals surface area (Å²) < 4.78 is 6.27. The Kier molecular flexibility index (Phi) is 4.05. The molecular weight excluding hydrogens is 226 g/mol. The highest BCUT2D eigenvalue weighted by atomic mass is 28.4. The van der Waals surface area contributed by atoms with E-state index in [9.17, 15) is 0 Å². The number of hydrogen-bond donors (Lipinski definition) is 1. The molecule has 0 bridgehead atoms. The van der Waals surface area contributed by atoms with Crippen LogP contribution in [0.3, 0.4) is 0 Å². The van der Waals surface area contributed by atoms with Crippen LogP contribution in [0.15, 0.2) is 18.2 Å². The van der Waals surface area contributed by atoms with E-state index in [4.69, 9.17) is 10.2 Å². The first-order valence-electron chi connectivity index (χ1n) is 6.15. The zero-order valence-electron chi connectivity index (χ0n) is 11.9. The molecule has 0 aliphatic carbocycles. The van der Waals surface area contributed by atoms with E-state index in [0.717, 1.165) is 11.3 Å². The third-order valence-electron chi connectivity index (χ3n) is 3.53. The monoisotopic (exact) mass is 251 g/mol. The zero-order valence-corrected chi connectivity index (χ0v) is 12.9. The molecule has 17 heavy (non-hydrogen) atoms. The first kappa shape index (κ1) is 14.3. The van der Waals surface area contributed by atoms with Crippen molar-refractivity contribution in [1.82, 2.24) is 0 Å². The number of rotatable bonds is 3. The first-order chi connectivity index (χ1) is 7.65. The number of nitrogens with two attached hydrogens (primary N) is 1. The maximum atomic E-state index is 6.27. The van der Waals surface area contributed by atoms with Crippen LogP contribution in [0.2, 0.25) is 18.1 Å². The van der Waals surface area contributed by atoms with Gasteiger partial charge in [0, 0.05) is 6.54 Å². The molecule has 0 saturated heterocycles. The van der Waals surface area contributed by atoms with Gasteiger partial charge in [0.15, 0.2) is 0 Å². The molecule has 0 amide bonds. The zero-order chi connectivity index (χ0) is 13.3. The molecule has 2 N–H and O–H groups in total. The van der Waals surface area contributed by atoms with E-state index in [1.54, 1.807) is 0 Å². The molecule has 96 valence electrons. The minimum absolute atomic E-state index is 0.222. The van der Waals surface area contributed by atoms with E-state index >= 15 is 0 Å².